The average Bonchev–Trinajstić information content (AvgIpc) is 3.05. The van der Waals surface area contributed by atoms with Crippen LogP contribution < -0.4 is 4.90 Å². The molecule has 1 amide bonds. The Morgan fingerprint density at radius 3 is 2.50 bits per heavy atom. The number of hydrogen-bond acceptors (Lipinski definition) is 6. The fourth-order valence-electron chi connectivity index (χ4n) is 4.06. The van der Waals surface area contributed by atoms with Gasteiger partial charge in [-0.15, -0.1) is 0 Å². The maximum absolute atomic E-state index is 14.8. The monoisotopic (exact) mass is 473 g/mol. The molecule has 0 aromatic heterocycles. The maximum atomic E-state index is 14.8. The molecule has 2 aliphatic rings. The molecular formula is C26H32FNO6. The summed E-state index contributed by atoms with van der Waals surface area (Å²) in [5.74, 6) is -4.06. The van der Waals surface area contributed by atoms with Crippen LogP contribution in [0.2, 0.25) is 0 Å². The van der Waals surface area contributed by atoms with Crippen molar-refractivity contribution in [3.05, 3.63) is 46.8 Å². The summed E-state index contributed by atoms with van der Waals surface area (Å²) in [4.78, 5) is 39.3. The Kier molecular flexibility index (Phi) is 7.43. The van der Waals surface area contributed by atoms with Gasteiger partial charge in [0.15, 0.2) is 17.7 Å². The van der Waals surface area contributed by atoms with Crippen LogP contribution in [0.5, 0.6) is 0 Å². The van der Waals surface area contributed by atoms with Crippen molar-refractivity contribution in [2.75, 3.05) is 11.9 Å². The van der Waals surface area contributed by atoms with Gasteiger partial charge in [0.05, 0.1) is 11.7 Å². The summed E-state index contributed by atoms with van der Waals surface area (Å²) in [6.45, 7) is 9.89. The van der Waals surface area contributed by atoms with Gasteiger partial charge in [-0.3, -0.25) is 9.59 Å². The van der Waals surface area contributed by atoms with Crippen LogP contribution in [-0.2, 0) is 23.8 Å². The molecule has 1 aromatic rings. The first-order valence-corrected chi connectivity index (χ1v) is 11.3. The lowest BCUT2D eigenvalue weighted by molar-refractivity contribution is -0.153. The van der Waals surface area contributed by atoms with Gasteiger partial charge in [-0.25, -0.2) is 9.18 Å². The van der Waals surface area contributed by atoms with Crippen LogP contribution in [0.1, 0.15) is 62.5 Å². The Labute approximate surface area is 199 Å². The molecule has 0 radical (unpaired) electrons. The highest BCUT2D eigenvalue weighted by Crippen LogP contribution is 2.33. The highest BCUT2D eigenvalue weighted by atomic mass is 19.1. The van der Waals surface area contributed by atoms with Gasteiger partial charge in [-0.1, -0.05) is 19.1 Å². The number of benzene rings is 1. The van der Waals surface area contributed by atoms with E-state index in [4.69, 9.17) is 14.2 Å². The summed E-state index contributed by atoms with van der Waals surface area (Å²) >= 11 is 0. The molecule has 0 unspecified atom stereocenters. The number of Topliss-reactive ketones (excluding diaryl/α,β-unsaturated/α-hetero) is 1. The van der Waals surface area contributed by atoms with Crippen LogP contribution in [0.25, 0.3) is 6.08 Å². The number of rotatable bonds is 1. The zero-order valence-electron chi connectivity index (χ0n) is 20.7. The van der Waals surface area contributed by atoms with E-state index in [0.717, 1.165) is 6.08 Å². The topological polar surface area (TPSA) is 82.1 Å². The fourth-order valence-corrected chi connectivity index (χ4v) is 4.06. The average molecular weight is 474 g/mol. The van der Waals surface area contributed by atoms with E-state index in [0.29, 0.717) is 22.4 Å². The van der Waals surface area contributed by atoms with Crippen LogP contribution >= 0.6 is 0 Å². The lowest BCUT2D eigenvalue weighted by atomic mass is 9.97. The smallest absolute Gasteiger partial charge is 0.339 e. The summed E-state index contributed by atoms with van der Waals surface area (Å²) in [6, 6.07) is 3.48. The van der Waals surface area contributed by atoms with Crippen molar-refractivity contribution in [3.8, 4) is 0 Å². The van der Waals surface area contributed by atoms with Crippen molar-refractivity contribution in [3.63, 3.8) is 0 Å². The lowest BCUT2D eigenvalue weighted by Crippen LogP contribution is -2.32. The van der Waals surface area contributed by atoms with Crippen molar-refractivity contribution >= 4 is 29.4 Å². The minimum absolute atomic E-state index is 0.150. The number of carbonyl (C=O) groups excluding carboxylic acids is 3. The lowest BCUT2D eigenvalue weighted by Gasteiger charge is -2.22. The number of carbonyl (C=O) groups is 3. The highest BCUT2D eigenvalue weighted by molar-refractivity contribution is 5.99. The summed E-state index contributed by atoms with van der Waals surface area (Å²) in [6.07, 6.45) is 2.39. The SMILES string of the molecule is CC(=O)N(C)c1cc(C)c2c(c1)C=CC[C@H]1OC(C)(C)O[C@H]1C(=O)/C(F)=C\[C@@H](C)[C@H](C)OC2=O. The second kappa shape index (κ2) is 9.80. The van der Waals surface area contributed by atoms with Crippen LogP contribution in [0.3, 0.4) is 0 Å². The molecule has 0 N–H and O–H groups in total. The predicted octanol–water partition coefficient (Wildman–Crippen LogP) is 4.52. The first-order chi connectivity index (χ1) is 15.8. The molecule has 0 aliphatic carbocycles. The number of esters is 1. The number of amides is 1. The fraction of sp³-hybridized carbons (Fsp3) is 0.500. The predicted molar refractivity (Wildman–Crippen MR) is 126 cm³/mol. The molecule has 7 nitrogen and oxygen atoms in total. The Hall–Kier alpha value is -2.84. The molecule has 2 heterocycles. The number of cyclic esters (lactones) is 1. The Morgan fingerprint density at radius 2 is 1.85 bits per heavy atom. The first kappa shape index (κ1) is 25.8. The molecule has 1 aromatic carbocycles. The number of hydrogen-bond donors (Lipinski definition) is 0. The van der Waals surface area contributed by atoms with Crippen molar-refractivity contribution in [1.29, 1.82) is 0 Å². The zero-order chi connectivity index (χ0) is 25.4. The molecule has 3 rings (SSSR count). The van der Waals surface area contributed by atoms with Gasteiger partial charge >= 0.3 is 5.97 Å². The standard InChI is InChI=1S/C26H32FNO6/c1-14-12-20(27)23(30)24-21(33-26(5,6)34-24)10-8-9-18-13-19(28(7)17(4)29)11-15(2)22(18)25(31)32-16(14)3/h8-9,11-14,16,21,24H,10H2,1-7H3/b9-8?,20-12+/t14-,16+,21-,24-/m1/s1. The van der Waals surface area contributed by atoms with Gasteiger partial charge in [0.25, 0.3) is 0 Å². The van der Waals surface area contributed by atoms with Crippen molar-refractivity contribution < 1.29 is 33.0 Å². The number of halogens is 1. The third-order valence-corrected chi connectivity index (χ3v) is 6.20. The number of aryl methyl sites for hydroxylation is 1. The number of ketones is 1. The van der Waals surface area contributed by atoms with E-state index in [9.17, 15) is 18.8 Å². The highest BCUT2D eigenvalue weighted by Gasteiger charge is 2.45. The van der Waals surface area contributed by atoms with Gasteiger partial charge < -0.3 is 19.1 Å². The number of anilines is 1. The molecule has 8 heteroatoms. The van der Waals surface area contributed by atoms with E-state index in [1.165, 1.54) is 11.8 Å². The van der Waals surface area contributed by atoms with Crippen LogP contribution in [0.15, 0.2) is 30.1 Å². The minimum atomic E-state index is -1.10. The van der Waals surface area contributed by atoms with E-state index in [-0.39, 0.29) is 12.3 Å². The normalized spacial score (nSPS) is 28.8. The third-order valence-electron chi connectivity index (χ3n) is 6.20. The largest absolute Gasteiger partial charge is 0.458 e. The maximum Gasteiger partial charge on any atom is 0.339 e. The van der Waals surface area contributed by atoms with E-state index < -0.39 is 47.6 Å². The van der Waals surface area contributed by atoms with Crippen LogP contribution in [0.4, 0.5) is 10.1 Å². The van der Waals surface area contributed by atoms with Gasteiger partial charge in [0.2, 0.25) is 11.7 Å². The quantitative estimate of drug-likeness (QED) is 0.558. The molecule has 34 heavy (non-hydrogen) atoms. The van der Waals surface area contributed by atoms with E-state index >= 15 is 0 Å². The minimum Gasteiger partial charge on any atom is -0.458 e. The second-order valence-electron chi connectivity index (χ2n) is 9.39. The molecule has 1 saturated heterocycles. The molecule has 0 saturated carbocycles. The summed E-state index contributed by atoms with van der Waals surface area (Å²) in [5, 5.41) is 0. The zero-order valence-corrected chi connectivity index (χ0v) is 20.7. The Morgan fingerprint density at radius 1 is 1.18 bits per heavy atom. The van der Waals surface area contributed by atoms with Gasteiger partial charge in [0.1, 0.15) is 6.10 Å². The second-order valence-corrected chi connectivity index (χ2v) is 9.39. The number of nitrogens with zero attached hydrogens (tertiary/aromatic N) is 1. The molecule has 1 fully saturated rings. The summed E-state index contributed by atoms with van der Waals surface area (Å²) < 4.78 is 32.1. The van der Waals surface area contributed by atoms with E-state index in [1.807, 2.05) is 0 Å². The van der Waals surface area contributed by atoms with Crippen LogP contribution in [-0.4, -0.2) is 48.8 Å². The van der Waals surface area contributed by atoms with Gasteiger partial charge in [-0.2, -0.15) is 0 Å². The molecule has 4 atom stereocenters. The van der Waals surface area contributed by atoms with Crippen molar-refractivity contribution in [2.24, 2.45) is 5.92 Å². The van der Waals surface area contributed by atoms with Gasteiger partial charge in [0, 0.05) is 25.6 Å². The van der Waals surface area contributed by atoms with Gasteiger partial charge in [-0.05, 0) is 63.5 Å². The first-order valence-electron chi connectivity index (χ1n) is 11.3. The number of ether oxygens (including phenoxy) is 3. The Balaban J connectivity index is 2.11. The van der Waals surface area contributed by atoms with E-state index in [2.05, 4.69) is 0 Å². The summed E-state index contributed by atoms with van der Waals surface area (Å²) in [7, 11) is 1.65. The summed E-state index contributed by atoms with van der Waals surface area (Å²) in [5.41, 5.74) is 2.18. The van der Waals surface area contributed by atoms with Crippen molar-refractivity contribution in [1.82, 2.24) is 0 Å². The molecule has 0 spiro atoms. The third kappa shape index (κ3) is 5.45. The molecule has 0 bridgehead atoms. The molecular weight excluding hydrogens is 441 g/mol. The number of fused-ring (bicyclic) bond motifs is 2. The molecule has 184 valence electrons. The molecule has 2 aliphatic heterocycles. The Bertz CT molecular complexity index is 1060. The van der Waals surface area contributed by atoms with E-state index in [1.54, 1.807) is 66.0 Å². The van der Waals surface area contributed by atoms with Crippen LogP contribution in [0, 0.1) is 12.8 Å². The van der Waals surface area contributed by atoms with Crippen molar-refractivity contribution in [2.45, 2.75) is 72.1 Å².